The number of aromatic nitrogens is 2. The smallest absolute Gasteiger partial charge is 0.307 e. The summed E-state index contributed by atoms with van der Waals surface area (Å²) in [7, 11) is -3.59. The molecule has 0 amide bonds. The Morgan fingerprint density at radius 2 is 1.94 bits per heavy atom. The van der Waals surface area contributed by atoms with E-state index < -0.39 is 27.1 Å². The second-order valence-electron chi connectivity index (χ2n) is 8.72. The molecule has 0 saturated heterocycles. The first-order valence-corrected chi connectivity index (χ1v) is 12.9. The van der Waals surface area contributed by atoms with Crippen LogP contribution in [0.3, 0.4) is 0 Å². The molecule has 36 heavy (non-hydrogen) atoms. The number of hydrogen-bond acceptors (Lipinski definition) is 6. The second kappa shape index (κ2) is 9.36. The first kappa shape index (κ1) is 24.0. The van der Waals surface area contributed by atoms with Crippen molar-refractivity contribution in [2.24, 2.45) is 5.73 Å². The Balaban J connectivity index is 1.62. The van der Waals surface area contributed by atoms with E-state index in [4.69, 9.17) is 10.5 Å². The van der Waals surface area contributed by atoms with Gasteiger partial charge >= 0.3 is 5.97 Å². The average Bonchev–Trinajstić information content (AvgIpc) is 3.63. The number of halogens is 1. The number of para-hydroxylation sites is 1. The number of ether oxygens (including phenoxy) is 1. The maximum Gasteiger partial charge on any atom is 0.307 e. The molecule has 0 spiro atoms. The van der Waals surface area contributed by atoms with E-state index in [1.165, 1.54) is 22.4 Å². The molecule has 2 heterocycles. The predicted molar refractivity (Wildman–Crippen MR) is 132 cm³/mol. The van der Waals surface area contributed by atoms with Crippen molar-refractivity contribution < 1.29 is 27.4 Å². The normalized spacial score (nSPS) is 13.7. The summed E-state index contributed by atoms with van der Waals surface area (Å²) in [5.74, 6) is -1.14. The van der Waals surface area contributed by atoms with Crippen LogP contribution in [0.15, 0.2) is 60.9 Å². The van der Waals surface area contributed by atoms with Gasteiger partial charge in [0.15, 0.2) is 5.82 Å². The molecular weight excluding hydrogens is 485 g/mol. The van der Waals surface area contributed by atoms with E-state index in [-0.39, 0.29) is 30.8 Å². The molecule has 1 aliphatic carbocycles. The van der Waals surface area contributed by atoms with Crippen LogP contribution in [0.1, 0.15) is 29.7 Å². The highest BCUT2D eigenvalue weighted by Gasteiger charge is 2.37. The van der Waals surface area contributed by atoms with E-state index in [2.05, 4.69) is 4.98 Å². The third kappa shape index (κ3) is 4.45. The van der Waals surface area contributed by atoms with Gasteiger partial charge in [-0.25, -0.2) is 16.8 Å². The van der Waals surface area contributed by atoms with Gasteiger partial charge in [-0.05, 0) is 54.3 Å². The van der Waals surface area contributed by atoms with E-state index in [9.17, 15) is 18.3 Å². The molecule has 1 aliphatic rings. The molecule has 186 valence electrons. The van der Waals surface area contributed by atoms with Crippen molar-refractivity contribution in [1.82, 2.24) is 8.96 Å². The van der Waals surface area contributed by atoms with Crippen LogP contribution in [0.2, 0.25) is 0 Å². The summed E-state index contributed by atoms with van der Waals surface area (Å²) in [5.41, 5.74) is 8.03. The fraction of sp³-hybridized carbons (Fsp3) is 0.231. The van der Waals surface area contributed by atoms with Crippen LogP contribution >= 0.6 is 0 Å². The number of hydrogen-bond donors (Lipinski definition) is 2. The van der Waals surface area contributed by atoms with Crippen LogP contribution < -0.4 is 10.5 Å². The van der Waals surface area contributed by atoms with E-state index >= 15 is 4.39 Å². The van der Waals surface area contributed by atoms with Gasteiger partial charge in [0.05, 0.1) is 22.9 Å². The van der Waals surface area contributed by atoms with E-state index in [1.807, 2.05) is 0 Å². The summed E-state index contributed by atoms with van der Waals surface area (Å²) >= 11 is 0. The molecule has 2 aromatic heterocycles. The van der Waals surface area contributed by atoms with Crippen molar-refractivity contribution in [3.05, 3.63) is 83.6 Å². The minimum Gasteiger partial charge on any atom is -0.489 e. The van der Waals surface area contributed by atoms with Gasteiger partial charge < -0.3 is 15.6 Å². The summed E-state index contributed by atoms with van der Waals surface area (Å²) < 4.78 is 48.7. The number of pyridine rings is 1. The fourth-order valence-electron chi connectivity index (χ4n) is 4.28. The van der Waals surface area contributed by atoms with Crippen LogP contribution in [0.4, 0.5) is 4.39 Å². The maximum atomic E-state index is 15.3. The van der Waals surface area contributed by atoms with Crippen molar-refractivity contribution in [2.45, 2.75) is 37.7 Å². The van der Waals surface area contributed by atoms with E-state index in [1.54, 1.807) is 42.5 Å². The highest BCUT2D eigenvalue weighted by Crippen LogP contribution is 2.37. The van der Waals surface area contributed by atoms with Crippen molar-refractivity contribution in [2.75, 3.05) is 0 Å². The number of nitrogens with zero attached hydrogens (tertiary/aromatic N) is 2. The van der Waals surface area contributed by atoms with Gasteiger partial charge in [-0.2, -0.15) is 0 Å². The molecule has 0 unspecified atom stereocenters. The molecule has 10 heteroatoms. The van der Waals surface area contributed by atoms with Crippen LogP contribution in [0.5, 0.6) is 5.75 Å². The number of carboxylic acids is 1. The number of carboxylic acid groups (broad SMARTS) is 1. The summed E-state index contributed by atoms with van der Waals surface area (Å²) in [5, 5.41) is 9.34. The number of benzene rings is 2. The van der Waals surface area contributed by atoms with E-state index in [0.717, 1.165) is 0 Å². The summed E-state index contributed by atoms with van der Waals surface area (Å²) in [6, 6.07) is 13.5. The molecule has 8 nitrogen and oxygen atoms in total. The molecule has 3 N–H and O–H groups in total. The first-order valence-electron chi connectivity index (χ1n) is 11.4. The molecule has 1 saturated carbocycles. The highest BCUT2D eigenvalue weighted by molar-refractivity contribution is 7.91. The molecule has 0 atom stereocenters. The van der Waals surface area contributed by atoms with Crippen LogP contribution in [0, 0.1) is 5.82 Å². The van der Waals surface area contributed by atoms with Crippen LogP contribution in [-0.2, 0) is 34.4 Å². The Morgan fingerprint density at radius 3 is 2.67 bits per heavy atom. The Hall–Kier alpha value is -3.76. The van der Waals surface area contributed by atoms with Gasteiger partial charge in [-0.15, -0.1) is 0 Å². The first-order chi connectivity index (χ1) is 17.3. The van der Waals surface area contributed by atoms with Crippen LogP contribution in [0.25, 0.3) is 22.0 Å². The quantitative estimate of drug-likeness (QED) is 0.351. The maximum absolute atomic E-state index is 15.3. The molecule has 4 aromatic rings. The zero-order valence-corrected chi connectivity index (χ0v) is 20.0. The average molecular weight is 510 g/mol. The lowest BCUT2D eigenvalue weighted by molar-refractivity contribution is -0.136. The van der Waals surface area contributed by atoms with Gasteiger partial charge in [0.2, 0.25) is 10.0 Å². The SMILES string of the molecule is NCc1nccc(-c2cc(COc3ccccc3CC(=O)O)cc3c2ccn3S(=O)(=O)C2CC2)c1F. The van der Waals surface area contributed by atoms with Crippen molar-refractivity contribution in [3.63, 3.8) is 0 Å². The molecule has 1 fully saturated rings. The zero-order valence-electron chi connectivity index (χ0n) is 19.2. The van der Waals surface area contributed by atoms with Gasteiger partial charge in [0, 0.05) is 35.5 Å². The summed E-state index contributed by atoms with van der Waals surface area (Å²) in [6.45, 7) is -0.0618. The lowest BCUT2D eigenvalue weighted by Crippen LogP contribution is -2.16. The molecule has 5 rings (SSSR count). The lowest BCUT2D eigenvalue weighted by atomic mass is 9.98. The van der Waals surface area contributed by atoms with Gasteiger partial charge in [0.25, 0.3) is 0 Å². The number of carbonyl (C=O) groups is 1. The number of nitrogens with two attached hydrogens (primary N) is 1. The Bertz CT molecular complexity index is 1580. The largest absolute Gasteiger partial charge is 0.489 e. The van der Waals surface area contributed by atoms with Crippen molar-refractivity contribution in [1.29, 1.82) is 0 Å². The Morgan fingerprint density at radius 1 is 1.17 bits per heavy atom. The number of fused-ring (bicyclic) bond motifs is 1. The molecule has 0 radical (unpaired) electrons. The van der Waals surface area contributed by atoms with Crippen LogP contribution in [-0.4, -0.2) is 33.7 Å². The number of aliphatic carboxylic acids is 1. The predicted octanol–water partition coefficient (Wildman–Crippen LogP) is 3.85. The monoisotopic (exact) mass is 509 g/mol. The minimum atomic E-state index is -3.59. The molecule has 0 bridgehead atoms. The number of rotatable bonds is 9. The van der Waals surface area contributed by atoms with Crippen molar-refractivity contribution in [3.8, 4) is 16.9 Å². The van der Waals surface area contributed by atoms with Gasteiger partial charge in [0.1, 0.15) is 12.4 Å². The van der Waals surface area contributed by atoms with Crippen molar-refractivity contribution >= 4 is 26.9 Å². The Labute approximate surface area is 207 Å². The van der Waals surface area contributed by atoms with E-state index in [0.29, 0.717) is 46.2 Å². The lowest BCUT2D eigenvalue weighted by Gasteiger charge is -2.14. The summed E-state index contributed by atoms with van der Waals surface area (Å²) in [6.07, 6.45) is 3.98. The standard InChI is InChI=1S/C26H24FN3O5S/c27-26-20(7-9-29-22(26)14-28)21-11-16(15-35-24-4-2-1-3-17(24)13-25(31)32)12-23-19(21)8-10-30(23)36(33,34)18-5-6-18/h1-4,7-12,18H,5-6,13-15,28H2,(H,31,32). The highest BCUT2D eigenvalue weighted by atomic mass is 32.2. The Kier molecular flexibility index (Phi) is 6.23. The molecular formula is C26H24FN3O5S. The topological polar surface area (TPSA) is 125 Å². The van der Waals surface area contributed by atoms with Gasteiger partial charge in [-0.3, -0.25) is 9.78 Å². The molecule has 0 aliphatic heterocycles. The minimum absolute atomic E-state index is 0.0185. The zero-order chi connectivity index (χ0) is 25.4. The second-order valence-corrected chi connectivity index (χ2v) is 10.8. The third-order valence-corrected chi connectivity index (χ3v) is 8.39. The summed E-state index contributed by atoms with van der Waals surface area (Å²) in [4.78, 5) is 15.2. The third-order valence-electron chi connectivity index (χ3n) is 6.21. The molecule has 2 aromatic carbocycles. The van der Waals surface area contributed by atoms with Gasteiger partial charge in [-0.1, -0.05) is 18.2 Å². The fourth-order valence-corrected chi connectivity index (χ4v) is 5.99.